The lowest BCUT2D eigenvalue weighted by molar-refractivity contribution is -0.125. The number of rotatable bonds is 4. The van der Waals surface area contributed by atoms with Crippen LogP contribution in [-0.4, -0.2) is 17.0 Å². The minimum Gasteiger partial charge on any atom is -0.478 e. The Morgan fingerprint density at radius 1 is 1.35 bits per heavy atom. The van der Waals surface area contributed by atoms with E-state index >= 15 is 0 Å². The molecule has 108 valence electrons. The Balaban J connectivity index is 2.25. The van der Waals surface area contributed by atoms with Gasteiger partial charge in [-0.3, -0.25) is 4.79 Å². The number of benzene rings is 1. The van der Waals surface area contributed by atoms with Gasteiger partial charge in [0.05, 0.1) is 11.3 Å². The summed E-state index contributed by atoms with van der Waals surface area (Å²) < 4.78 is 0.837. The number of halogens is 1. The van der Waals surface area contributed by atoms with Crippen LogP contribution < -0.4 is 5.32 Å². The average molecular weight is 387 g/mol. The van der Waals surface area contributed by atoms with Gasteiger partial charge in [-0.2, -0.15) is 0 Å². The molecule has 2 rings (SSSR count). The van der Waals surface area contributed by atoms with Crippen LogP contribution in [0.15, 0.2) is 18.2 Å². The van der Waals surface area contributed by atoms with Gasteiger partial charge in [0.15, 0.2) is 0 Å². The Hall–Kier alpha value is -1.11. The monoisotopic (exact) mass is 387 g/mol. The van der Waals surface area contributed by atoms with Crippen LogP contribution in [0.1, 0.15) is 49.4 Å². The molecule has 1 aliphatic rings. The summed E-state index contributed by atoms with van der Waals surface area (Å²) in [6, 6.07) is 5.04. The van der Waals surface area contributed by atoms with E-state index in [9.17, 15) is 14.7 Å². The van der Waals surface area contributed by atoms with Crippen LogP contribution in [0.4, 0.5) is 5.69 Å². The zero-order chi connectivity index (χ0) is 14.8. The van der Waals surface area contributed by atoms with Crippen molar-refractivity contribution in [1.82, 2.24) is 0 Å². The number of carboxylic acids is 1. The highest BCUT2D eigenvalue weighted by atomic mass is 127. The third-order valence-corrected chi connectivity index (χ3v) is 4.85. The number of aromatic carboxylic acids is 1. The Morgan fingerprint density at radius 3 is 2.55 bits per heavy atom. The maximum absolute atomic E-state index is 12.5. The van der Waals surface area contributed by atoms with E-state index in [1.807, 2.05) is 6.92 Å². The second-order valence-corrected chi connectivity index (χ2v) is 6.54. The molecule has 0 unspecified atom stereocenters. The van der Waals surface area contributed by atoms with Gasteiger partial charge < -0.3 is 10.4 Å². The third-order valence-electron chi connectivity index (χ3n) is 4.18. The minimum absolute atomic E-state index is 0.0405. The first-order valence-corrected chi connectivity index (χ1v) is 7.91. The van der Waals surface area contributed by atoms with Crippen LogP contribution in [0.3, 0.4) is 0 Å². The van der Waals surface area contributed by atoms with E-state index in [1.54, 1.807) is 18.2 Å². The van der Waals surface area contributed by atoms with E-state index in [0.29, 0.717) is 5.69 Å². The van der Waals surface area contributed by atoms with Gasteiger partial charge in [0.2, 0.25) is 5.91 Å². The summed E-state index contributed by atoms with van der Waals surface area (Å²) >= 11 is 2.06. The number of hydrogen-bond acceptors (Lipinski definition) is 2. The molecule has 4 nitrogen and oxygen atoms in total. The molecular weight excluding hydrogens is 369 g/mol. The lowest BCUT2D eigenvalue weighted by Crippen LogP contribution is -2.33. The number of nitrogens with one attached hydrogen (secondary N) is 1. The van der Waals surface area contributed by atoms with Crippen LogP contribution in [0.25, 0.3) is 0 Å². The van der Waals surface area contributed by atoms with E-state index in [-0.39, 0.29) is 16.9 Å². The maximum Gasteiger partial charge on any atom is 0.337 e. The molecular formula is C15H18INO3. The average Bonchev–Trinajstić information content (AvgIpc) is 2.90. The SMILES string of the molecule is CCC1(C(=O)Nc2ccc(I)cc2C(=O)O)CCCC1. The molecule has 0 aromatic heterocycles. The number of anilines is 1. The summed E-state index contributed by atoms with van der Waals surface area (Å²) in [4.78, 5) is 23.8. The van der Waals surface area contributed by atoms with E-state index < -0.39 is 5.97 Å². The predicted molar refractivity (Wildman–Crippen MR) is 85.9 cm³/mol. The number of hydrogen-bond donors (Lipinski definition) is 2. The largest absolute Gasteiger partial charge is 0.478 e. The second-order valence-electron chi connectivity index (χ2n) is 5.29. The van der Waals surface area contributed by atoms with Gasteiger partial charge in [0.1, 0.15) is 0 Å². The number of carbonyl (C=O) groups excluding carboxylic acids is 1. The lowest BCUT2D eigenvalue weighted by atomic mass is 9.82. The van der Waals surface area contributed by atoms with Crippen LogP contribution >= 0.6 is 22.6 Å². The molecule has 1 aromatic rings. The first-order chi connectivity index (χ1) is 9.48. The smallest absolute Gasteiger partial charge is 0.337 e. The first kappa shape index (κ1) is 15.3. The normalized spacial score (nSPS) is 16.9. The highest BCUT2D eigenvalue weighted by Crippen LogP contribution is 2.42. The fourth-order valence-corrected chi connectivity index (χ4v) is 3.34. The van der Waals surface area contributed by atoms with Crippen molar-refractivity contribution in [3.63, 3.8) is 0 Å². The fraction of sp³-hybridized carbons (Fsp3) is 0.467. The summed E-state index contributed by atoms with van der Waals surface area (Å²) in [5, 5.41) is 12.1. The van der Waals surface area contributed by atoms with Crippen molar-refractivity contribution in [3.05, 3.63) is 27.3 Å². The van der Waals surface area contributed by atoms with Crippen molar-refractivity contribution in [1.29, 1.82) is 0 Å². The van der Waals surface area contributed by atoms with Gasteiger partial charge in [-0.25, -0.2) is 4.79 Å². The molecule has 1 fully saturated rings. The molecule has 20 heavy (non-hydrogen) atoms. The Labute approximate surface area is 132 Å². The molecule has 0 saturated heterocycles. The molecule has 2 N–H and O–H groups in total. The van der Waals surface area contributed by atoms with E-state index in [1.165, 1.54) is 0 Å². The highest BCUT2D eigenvalue weighted by Gasteiger charge is 2.39. The second kappa shape index (κ2) is 6.11. The summed E-state index contributed by atoms with van der Waals surface area (Å²) in [5.41, 5.74) is 0.218. The topological polar surface area (TPSA) is 66.4 Å². The molecule has 0 spiro atoms. The van der Waals surface area contributed by atoms with Gasteiger partial charge in [-0.15, -0.1) is 0 Å². The molecule has 5 heteroatoms. The first-order valence-electron chi connectivity index (χ1n) is 6.83. The van der Waals surface area contributed by atoms with Crippen molar-refractivity contribution in [3.8, 4) is 0 Å². The van der Waals surface area contributed by atoms with Crippen molar-refractivity contribution in [2.24, 2.45) is 5.41 Å². The van der Waals surface area contributed by atoms with Crippen molar-refractivity contribution in [2.75, 3.05) is 5.32 Å². The summed E-state index contributed by atoms with van der Waals surface area (Å²) in [6.07, 6.45) is 4.72. The van der Waals surface area contributed by atoms with Crippen LogP contribution in [0.2, 0.25) is 0 Å². The van der Waals surface area contributed by atoms with Crippen LogP contribution in [0.5, 0.6) is 0 Å². The Morgan fingerprint density at radius 2 is 2.00 bits per heavy atom. The van der Waals surface area contributed by atoms with E-state index in [0.717, 1.165) is 35.7 Å². The van der Waals surface area contributed by atoms with Crippen molar-refractivity contribution >= 4 is 40.2 Å². The lowest BCUT2D eigenvalue weighted by Gasteiger charge is -2.26. The van der Waals surface area contributed by atoms with Gasteiger partial charge in [-0.05, 0) is 60.1 Å². The molecule has 0 heterocycles. The van der Waals surface area contributed by atoms with Crippen molar-refractivity contribution in [2.45, 2.75) is 39.0 Å². The summed E-state index contributed by atoms with van der Waals surface area (Å²) in [7, 11) is 0. The van der Waals surface area contributed by atoms with Gasteiger partial charge in [-0.1, -0.05) is 19.8 Å². The maximum atomic E-state index is 12.5. The standard InChI is InChI=1S/C15H18INO3/c1-2-15(7-3-4-8-15)14(20)17-12-6-5-10(16)9-11(12)13(18)19/h5-6,9H,2-4,7-8H2,1H3,(H,17,20)(H,18,19). The number of carboxylic acid groups (broad SMARTS) is 1. The molecule has 0 aliphatic heterocycles. The van der Waals surface area contributed by atoms with E-state index in [4.69, 9.17) is 0 Å². The third kappa shape index (κ3) is 2.97. The summed E-state index contributed by atoms with van der Waals surface area (Å²) in [5.74, 6) is -1.06. The minimum atomic E-state index is -1.02. The highest BCUT2D eigenvalue weighted by molar-refractivity contribution is 14.1. The summed E-state index contributed by atoms with van der Waals surface area (Å²) in [6.45, 7) is 2.02. The molecule has 1 amide bonds. The molecule has 0 bridgehead atoms. The molecule has 0 atom stereocenters. The molecule has 1 aliphatic carbocycles. The molecule has 0 radical (unpaired) electrons. The number of carbonyl (C=O) groups is 2. The zero-order valence-corrected chi connectivity index (χ0v) is 13.6. The molecule has 1 saturated carbocycles. The molecule has 1 aromatic carbocycles. The number of amides is 1. The van der Waals surface area contributed by atoms with Crippen LogP contribution in [0, 0.1) is 8.99 Å². The zero-order valence-electron chi connectivity index (χ0n) is 11.4. The van der Waals surface area contributed by atoms with E-state index in [2.05, 4.69) is 27.9 Å². The fourth-order valence-electron chi connectivity index (χ4n) is 2.85. The Bertz CT molecular complexity index is 536. The van der Waals surface area contributed by atoms with Gasteiger partial charge >= 0.3 is 5.97 Å². The Kier molecular flexibility index (Phi) is 4.67. The van der Waals surface area contributed by atoms with Crippen molar-refractivity contribution < 1.29 is 14.7 Å². The predicted octanol–water partition coefficient (Wildman–Crippen LogP) is 3.90. The van der Waals surface area contributed by atoms with Gasteiger partial charge in [0.25, 0.3) is 0 Å². The van der Waals surface area contributed by atoms with Gasteiger partial charge in [0, 0.05) is 8.99 Å². The quantitative estimate of drug-likeness (QED) is 0.771. The van der Waals surface area contributed by atoms with Crippen LogP contribution in [-0.2, 0) is 4.79 Å².